The van der Waals surface area contributed by atoms with Crippen LogP contribution in [0.5, 0.6) is 0 Å². The van der Waals surface area contributed by atoms with Crippen LogP contribution in [0.4, 0.5) is 0 Å². The maximum Gasteiger partial charge on any atom is 0.113 e. The molecule has 0 aliphatic rings. The summed E-state index contributed by atoms with van der Waals surface area (Å²) in [5.41, 5.74) is 0.469. The fourth-order valence-corrected chi connectivity index (χ4v) is 1.46. The highest BCUT2D eigenvalue weighted by Crippen LogP contribution is 2.48. The Hall–Kier alpha value is -0.775. The van der Waals surface area contributed by atoms with Crippen molar-refractivity contribution in [3.8, 4) is 0 Å². The largest absolute Gasteiger partial charge is 0.276 e. The molecule has 0 fully saturated rings. The van der Waals surface area contributed by atoms with Crippen LogP contribution >= 0.6 is 10.8 Å². The summed E-state index contributed by atoms with van der Waals surface area (Å²) in [5, 5.41) is 0. The summed E-state index contributed by atoms with van der Waals surface area (Å²) in [6, 6.07) is 6.29. The van der Waals surface area contributed by atoms with Crippen molar-refractivity contribution < 1.29 is 9.11 Å². The lowest BCUT2D eigenvalue weighted by Gasteiger charge is -2.26. The van der Waals surface area contributed by atoms with E-state index in [1.54, 1.807) is 18.2 Å². The Morgan fingerprint density at radius 3 is 2.58 bits per heavy atom. The van der Waals surface area contributed by atoms with Crippen LogP contribution in [0.1, 0.15) is 0 Å². The highest BCUT2D eigenvalue weighted by atomic mass is 32.3. The zero-order valence-electron chi connectivity index (χ0n) is 6.34. The van der Waals surface area contributed by atoms with Crippen LogP contribution in [0.25, 0.3) is 0 Å². The predicted octanol–water partition coefficient (Wildman–Crippen LogP) is 1.21. The minimum atomic E-state index is -3.09. The smallest absolute Gasteiger partial charge is 0.113 e. The lowest BCUT2D eigenvalue weighted by molar-refractivity contribution is 0.490. The van der Waals surface area contributed by atoms with Crippen LogP contribution in [0, 0.1) is 0 Å². The molecule has 0 unspecified atom stereocenters. The number of nitrogens with zero attached hydrogens (tertiary/aromatic N) is 1. The molecule has 0 bridgehead atoms. The Morgan fingerprint density at radius 1 is 1.42 bits per heavy atom. The van der Waals surface area contributed by atoms with Gasteiger partial charge in [0.1, 0.15) is 7.85 Å². The van der Waals surface area contributed by atoms with Gasteiger partial charge in [-0.15, -0.1) is 0 Å². The van der Waals surface area contributed by atoms with Crippen LogP contribution in [-0.2, 0) is 0 Å². The van der Waals surface area contributed by atoms with E-state index in [0.29, 0.717) is 5.46 Å². The van der Waals surface area contributed by atoms with Crippen LogP contribution in [0.15, 0.2) is 33.6 Å². The highest BCUT2D eigenvalue weighted by Gasteiger charge is 2.11. The second-order valence-electron chi connectivity index (χ2n) is 2.22. The zero-order valence-corrected chi connectivity index (χ0v) is 7.16. The van der Waals surface area contributed by atoms with Crippen molar-refractivity contribution in [2.24, 2.45) is 4.40 Å². The quantitative estimate of drug-likeness (QED) is 0.532. The van der Waals surface area contributed by atoms with Crippen LogP contribution in [0.3, 0.4) is 0 Å². The Morgan fingerprint density at radius 2 is 2.08 bits per heavy atom. The first-order valence-electron chi connectivity index (χ1n) is 3.18. The van der Waals surface area contributed by atoms with Crippen LogP contribution in [0.2, 0.25) is 0 Å². The molecule has 3 nitrogen and oxygen atoms in total. The second-order valence-corrected chi connectivity index (χ2v) is 3.99. The van der Waals surface area contributed by atoms with Crippen molar-refractivity contribution in [1.82, 2.24) is 0 Å². The number of hydrogen-bond acceptors (Lipinski definition) is 3. The summed E-state index contributed by atoms with van der Waals surface area (Å²) in [6.07, 6.45) is 0. The number of rotatable bonds is 2. The van der Waals surface area contributed by atoms with Gasteiger partial charge < -0.3 is 0 Å². The Kier molecular flexibility index (Phi) is 2.57. The van der Waals surface area contributed by atoms with Crippen LogP contribution < -0.4 is 5.46 Å². The van der Waals surface area contributed by atoms with Crippen molar-refractivity contribution in [1.29, 1.82) is 0 Å². The molecule has 0 saturated carbocycles. The van der Waals surface area contributed by atoms with Gasteiger partial charge in [0, 0.05) is 6.72 Å². The fourth-order valence-electron chi connectivity index (χ4n) is 0.759. The van der Waals surface area contributed by atoms with Gasteiger partial charge in [0.25, 0.3) is 0 Å². The van der Waals surface area contributed by atoms with Crippen LogP contribution in [-0.4, -0.2) is 23.7 Å². The van der Waals surface area contributed by atoms with Gasteiger partial charge in [-0.3, -0.25) is 9.11 Å². The van der Waals surface area contributed by atoms with E-state index < -0.39 is 10.8 Å². The average Bonchev–Trinajstić information content (AvgIpc) is 2.05. The molecule has 5 heteroatoms. The molecule has 0 aromatic heterocycles. The molecule has 0 saturated heterocycles. The SMILES string of the molecule is [B]c1cccc(S(O)(O)N=C)c1. The molecule has 1 rings (SSSR count). The topological polar surface area (TPSA) is 52.8 Å². The monoisotopic (exact) mass is 181 g/mol. The normalized spacial score (nSPS) is 12.5. The van der Waals surface area contributed by atoms with Gasteiger partial charge in [-0.1, -0.05) is 28.4 Å². The summed E-state index contributed by atoms with van der Waals surface area (Å²) in [4.78, 5) is 0.289. The van der Waals surface area contributed by atoms with Gasteiger partial charge in [-0.2, -0.15) is 4.40 Å². The Labute approximate surface area is 74.0 Å². The van der Waals surface area contributed by atoms with Gasteiger partial charge in [0.05, 0.1) is 4.90 Å². The van der Waals surface area contributed by atoms with E-state index in [4.69, 9.17) is 7.85 Å². The lowest BCUT2D eigenvalue weighted by atomic mass is 9.97. The molecule has 0 spiro atoms. The molecule has 0 aliphatic heterocycles. The third-order valence-corrected chi connectivity index (χ3v) is 2.60. The molecule has 1 aromatic carbocycles. The van der Waals surface area contributed by atoms with Gasteiger partial charge in [-0.25, -0.2) is 0 Å². The van der Waals surface area contributed by atoms with E-state index in [1.807, 2.05) is 0 Å². The molecule has 2 N–H and O–H groups in total. The first-order valence-corrected chi connectivity index (χ1v) is 4.68. The maximum atomic E-state index is 9.27. The summed E-state index contributed by atoms with van der Waals surface area (Å²) < 4.78 is 21.8. The molecule has 1 aromatic rings. The van der Waals surface area contributed by atoms with E-state index in [1.165, 1.54) is 6.07 Å². The molecular weight excluding hydrogens is 173 g/mol. The summed E-state index contributed by atoms with van der Waals surface area (Å²) in [6.45, 7) is 3.08. The maximum absolute atomic E-state index is 9.27. The third-order valence-electron chi connectivity index (χ3n) is 1.35. The minimum Gasteiger partial charge on any atom is -0.276 e. The van der Waals surface area contributed by atoms with Gasteiger partial charge in [-0.05, 0) is 12.1 Å². The predicted molar refractivity (Wildman–Crippen MR) is 52.5 cm³/mol. The second kappa shape index (κ2) is 3.31. The summed E-state index contributed by atoms with van der Waals surface area (Å²) in [5.74, 6) is 0. The summed E-state index contributed by atoms with van der Waals surface area (Å²) >= 11 is 0. The van der Waals surface area contributed by atoms with E-state index in [2.05, 4.69) is 11.1 Å². The molecule has 0 heterocycles. The molecule has 0 aliphatic carbocycles. The average molecular weight is 181 g/mol. The molecule has 0 amide bonds. The fraction of sp³-hybridized carbons (Fsp3) is 0. The molecular formula is C7H8BNO2S. The third kappa shape index (κ3) is 1.88. The van der Waals surface area contributed by atoms with Gasteiger partial charge in [0.2, 0.25) is 0 Å². The van der Waals surface area contributed by atoms with E-state index in [0.717, 1.165) is 0 Å². The van der Waals surface area contributed by atoms with Crippen molar-refractivity contribution in [2.45, 2.75) is 4.90 Å². The molecule has 0 atom stereocenters. The minimum absolute atomic E-state index is 0.289. The molecule has 12 heavy (non-hydrogen) atoms. The highest BCUT2D eigenvalue weighted by molar-refractivity contribution is 8.23. The van der Waals surface area contributed by atoms with Crippen molar-refractivity contribution >= 4 is 30.8 Å². The van der Waals surface area contributed by atoms with Gasteiger partial charge in [0.15, 0.2) is 0 Å². The van der Waals surface area contributed by atoms with Crippen molar-refractivity contribution in [2.75, 3.05) is 0 Å². The molecule has 62 valence electrons. The number of hydrogen-bond donors (Lipinski definition) is 2. The standard InChI is InChI=1S/C7H8BNO2S/c1-9-12(10,11)7-4-2-3-6(8)5-7/h2-5,10-11H,1H2. The summed E-state index contributed by atoms with van der Waals surface area (Å²) in [7, 11) is 2.35. The van der Waals surface area contributed by atoms with E-state index in [9.17, 15) is 9.11 Å². The Bertz CT molecular complexity index is 303. The first kappa shape index (κ1) is 9.31. The van der Waals surface area contributed by atoms with E-state index in [-0.39, 0.29) is 4.90 Å². The van der Waals surface area contributed by atoms with E-state index >= 15 is 0 Å². The number of benzene rings is 1. The first-order chi connectivity index (χ1) is 5.56. The zero-order chi connectivity index (χ0) is 9.19. The molecule has 2 radical (unpaired) electrons. The van der Waals surface area contributed by atoms with Gasteiger partial charge >= 0.3 is 0 Å². The lowest BCUT2D eigenvalue weighted by Crippen LogP contribution is -2.04. The Balaban J connectivity index is 3.11. The van der Waals surface area contributed by atoms with Crippen molar-refractivity contribution in [3.05, 3.63) is 24.3 Å². The van der Waals surface area contributed by atoms with Crippen molar-refractivity contribution in [3.63, 3.8) is 0 Å².